The molecule has 1 atom stereocenters. The number of nitrogens with one attached hydrogen (secondary N) is 2. The van der Waals surface area contributed by atoms with Gasteiger partial charge in [-0.15, -0.1) is 0 Å². The Kier molecular flexibility index (Phi) is 8.92. The van der Waals surface area contributed by atoms with Crippen LogP contribution in [0, 0.1) is 11.8 Å². The van der Waals surface area contributed by atoms with Gasteiger partial charge in [-0.2, -0.15) is 13.2 Å². The van der Waals surface area contributed by atoms with Crippen LogP contribution in [0.4, 0.5) is 24.5 Å². The molecule has 188 valence electrons. The van der Waals surface area contributed by atoms with Gasteiger partial charge in [0, 0.05) is 17.4 Å². The minimum absolute atomic E-state index is 0.0780. The van der Waals surface area contributed by atoms with Gasteiger partial charge in [0.15, 0.2) is 0 Å². The fourth-order valence-corrected chi connectivity index (χ4v) is 4.34. The van der Waals surface area contributed by atoms with Gasteiger partial charge in [-0.1, -0.05) is 19.9 Å². The van der Waals surface area contributed by atoms with Gasteiger partial charge in [0.05, 0.1) is 31.3 Å². The average molecular weight is 505 g/mol. The molecule has 0 aromatic heterocycles. The van der Waals surface area contributed by atoms with Gasteiger partial charge in [0.2, 0.25) is 5.91 Å². The van der Waals surface area contributed by atoms with Crippen molar-refractivity contribution in [2.24, 2.45) is 11.8 Å². The number of alkyl halides is 3. The lowest BCUT2D eigenvalue weighted by Crippen LogP contribution is -2.29. The Labute approximate surface area is 195 Å². The van der Waals surface area contributed by atoms with E-state index in [-0.39, 0.29) is 41.2 Å². The van der Waals surface area contributed by atoms with Crippen LogP contribution in [0.5, 0.6) is 5.75 Å². The number of rotatable bonds is 10. The van der Waals surface area contributed by atoms with Gasteiger partial charge in [0.25, 0.3) is 10.0 Å². The number of sulfonamides is 1. The molecule has 0 spiro atoms. The van der Waals surface area contributed by atoms with Crippen molar-refractivity contribution in [1.82, 2.24) is 0 Å². The number of amides is 1. The molecule has 2 aromatic rings. The Bertz CT molecular complexity index is 1120. The lowest BCUT2D eigenvalue weighted by Gasteiger charge is -2.19. The van der Waals surface area contributed by atoms with Gasteiger partial charge in [-0.25, -0.2) is 8.42 Å². The Hall–Kier alpha value is -2.83. The summed E-state index contributed by atoms with van der Waals surface area (Å²) >= 11 is 0. The van der Waals surface area contributed by atoms with E-state index in [4.69, 9.17) is 9.84 Å². The van der Waals surface area contributed by atoms with Crippen LogP contribution in [-0.4, -0.2) is 37.8 Å². The highest BCUT2D eigenvalue weighted by atomic mass is 32.2. The molecule has 0 aliphatic carbocycles. The first kappa shape index (κ1) is 27.4. The van der Waals surface area contributed by atoms with Crippen molar-refractivity contribution >= 4 is 27.3 Å². The number of ether oxygens (including phenoxy) is 1. The highest BCUT2D eigenvalue weighted by Gasteiger charge is 2.34. The van der Waals surface area contributed by atoms with E-state index in [9.17, 15) is 31.5 Å². The number of halogens is 3. The molecule has 0 heterocycles. The molecule has 4 N–H and O–H groups in total. The van der Waals surface area contributed by atoms with Gasteiger partial charge in [-0.3, -0.25) is 9.52 Å². The van der Waals surface area contributed by atoms with E-state index >= 15 is 0 Å². The first-order valence-electron chi connectivity index (χ1n) is 10.4. The zero-order chi connectivity index (χ0) is 25.7. The van der Waals surface area contributed by atoms with Crippen molar-refractivity contribution in [3.05, 3.63) is 47.5 Å². The van der Waals surface area contributed by atoms with Crippen LogP contribution in [0.15, 0.2) is 41.3 Å². The summed E-state index contributed by atoms with van der Waals surface area (Å²) in [6.45, 7) is 3.99. The molecule has 0 aliphatic heterocycles. The van der Waals surface area contributed by atoms with Gasteiger partial charge in [0.1, 0.15) is 10.6 Å². The summed E-state index contributed by atoms with van der Waals surface area (Å²) in [5, 5.41) is 21.2. The van der Waals surface area contributed by atoms with Crippen LogP contribution in [-0.2, 0) is 27.6 Å². The molecule has 0 fully saturated rings. The number of aliphatic hydroxyl groups excluding tert-OH is 2. The zero-order valence-electron chi connectivity index (χ0n) is 18.8. The summed E-state index contributed by atoms with van der Waals surface area (Å²) in [7, 11) is -4.39. The largest absolute Gasteiger partial charge is 0.492 e. The molecular formula is C22H27F3N2O6S. The predicted molar refractivity (Wildman–Crippen MR) is 120 cm³/mol. The number of carbonyl (C=O) groups excluding carboxylic acids is 1. The molecule has 2 aromatic carbocycles. The fraction of sp³-hybridized carbons (Fsp3) is 0.409. The Morgan fingerprint density at radius 1 is 1.09 bits per heavy atom. The third kappa shape index (κ3) is 6.61. The Balaban J connectivity index is 2.39. The molecule has 1 amide bonds. The third-order valence-electron chi connectivity index (χ3n) is 4.98. The van der Waals surface area contributed by atoms with Crippen LogP contribution in [0.1, 0.15) is 31.9 Å². The molecule has 0 saturated heterocycles. The Morgan fingerprint density at radius 3 is 2.26 bits per heavy atom. The number of hydrogen-bond acceptors (Lipinski definition) is 6. The van der Waals surface area contributed by atoms with Gasteiger partial charge in [-0.05, 0) is 42.7 Å². The van der Waals surface area contributed by atoms with E-state index in [0.29, 0.717) is 6.07 Å². The molecule has 0 saturated carbocycles. The molecule has 8 nitrogen and oxygen atoms in total. The van der Waals surface area contributed by atoms with Crippen LogP contribution in [0.25, 0.3) is 0 Å². The van der Waals surface area contributed by atoms with Crippen molar-refractivity contribution in [2.45, 2.75) is 38.4 Å². The fourth-order valence-electron chi connectivity index (χ4n) is 3.16. The average Bonchev–Trinajstić information content (AvgIpc) is 2.73. The highest BCUT2D eigenvalue weighted by Crippen LogP contribution is 2.35. The summed E-state index contributed by atoms with van der Waals surface area (Å²) < 4.78 is 73.2. The van der Waals surface area contributed by atoms with Crippen LogP contribution in [0.2, 0.25) is 0 Å². The predicted octanol–water partition coefficient (Wildman–Crippen LogP) is 3.60. The number of hydrogen-bond donors (Lipinski definition) is 4. The molecular weight excluding hydrogens is 477 g/mol. The van der Waals surface area contributed by atoms with Gasteiger partial charge >= 0.3 is 6.18 Å². The van der Waals surface area contributed by atoms with Crippen LogP contribution in [0.3, 0.4) is 0 Å². The van der Waals surface area contributed by atoms with Crippen LogP contribution < -0.4 is 14.8 Å². The van der Waals surface area contributed by atoms with E-state index in [1.165, 1.54) is 12.1 Å². The first-order chi connectivity index (χ1) is 15.8. The maximum absolute atomic E-state index is 13.3. The number of aliphatic hydroxyl groups is 2. The summed E-state index contributed by atoms with van der Waals surface area (Å²) in [4.78, 5) is 12.0. The van der Waals surface area contributed by atoms with Crippen LogP contribution >= 0.6 is 0 Å². The molecule has 0 unspecified atom stereocenters. The van der Waals surface area contributed by atoms with Crippen molar-refractivity contribution < 1.29 is 41.3 Å². The molecule has 34 heavy (non-hydrogen) atoms. The van der Waals surface area contributed by atoms with Crippen molar-refractivity contribution in [2.75, 3.05) is 23.3 Å². The minimum atomic E-state index is -4.79. The van der Waals surface area contributed by atoms with E-state index < -0.39 is 45.8 Å². The smallest absolute Gasteiger partial charge is 0.416 e. The van der Waals surface area contributed by atoms with E-state index in [2.05, 4.69) is 10.0 Å². The number of anilines is 2. The number of benzene rings is 2. The Morgan fingerprint density at radius 2 is 1.74 bits per heavy atom. The van der Waals surface area contributed by atoms with E-state index in [1.807, 2.05) is 0 Å². The number of carbonyl (C=O) groups is 1. The molecule has 0 aliphatic rings. The SMILES string of the molecule is CCOc1cc(NC(=O)[C@@H](CO)C(C)C)ccc1S(=O)(=O)Nc1ccc(CO)c(C(F)(F)F)c1. The maximum Gasteiger partial charge on any atom is 0.416 e. The van der Waals surface area contributed by atoms with Crippen molar-refractivity contribution in [3.8, 4) is 5.75 Å². The quantitative estimate of drug-likeness (QED) is 0.392. The van der Waals surface area contributed by atoms with Crippen molar-refractivity contribution in [3.63, 3.8) is 0 Å². The normalized spacial score (nSPS) is 13.0. The summed E-state index contributed by atoms with van der Waals surface area (Å²) in [6.07, 6.45) is -4.79. The van der Waals surface area contributed by atoms with Crippen molar-refractivity contribution in [1.29, 1.82) is 0 Å². The summed E-state index contributed by atoms with van der Waals surface area (Å²) in [5.41, 5.74) is -1.69. The second-order valence-corrected chi connectivity index (χ2v) is 9.40. The monoisotopic (exact) mass is 504 g/mol. The first-order valence-corrected chi connectivity index (χ1v) is 11.8. The molecule has 0 bridgehead atoms. The third-order valence-corrected chi connectivity index (χ3v) is 6.40. The highest BCUT2D eigenvalue weighted by molar-refractivity contribution is 7.92. The summed E-state index contributed by atoms with van der Waals surface area (Å²) in [5.74, 6) is -1.40. The summed E-state index contributed by atoms with van der Waals surface area (Å²) in [6, 6.07) is 6.42. The second kappa shape index (κ2) is 11.1. The molecule has 0 radical (unpaired) electrons. The van der Waals surface area contributed by atoms with Gasteiger partial charge < -0.3 is 20.3 Å². The lowest BCUT2D eigenvalue weighted by molar-refractivity contribution is -0.138. The lowest BCUT2D eigenvalue weighted by atomic mass is 9.96. The van der Waals surface area contributed by atoms with E-state index in [1.54, 1.807) is 20.8 Å². The van der Waals surface area contributed by atoms with E-state index in [0.717, 1.165) is 18.2 Å². The topological polar surface area (TPSA) is 125 Å². The molecule has 12 heteroatoms. The maximum atomic E-state index is 13.3. The minimum Gasteiger partial charge on any atom is -0.492 e. The molecule has 2 rings (SSSR count). The zero-order valence-corrected chi connectivity index (χ0v) is 19.6. The standard InChI is InChI=1S/C22H27F3N2O6S/c1-4-33-19-10-15(26-21(30)17(12-29)13(2)3)7-8-20(19)34(31,32)27-16-6-5-14(11-28)18(9-16)22(23,24)25/h5-10,13,17,27-29H,4,11-12H2,1-3H3,(H,26,30)/t17-/m0/s1. The second-order valence-electron chi connectivity index (χ2n) is 7.75.